The summed E-state index contributed by atoms with van der Waals surface area (Å²) in [6.07, 6.45) is 3.44. The largest absolute Gasteiger partial charge is 0.485 e. The van der Waals surface area contributed by atoms with Crippen molar-refractivity contribution in [3.63, 3.8) is 0 Å². The number of nitrogens with one attached hydrogen (secondary N) is 1. The second-order valence-corrected chi connectivity index (χ2v) is 8.85. The van der Waals surface area contributed by atoms with Crippen LogP contribution in [0.4, 0.5) is 10.5 Å². The molecule has 1 aliphatic carbocycles. The van der Waals surface area contributed by atoms with Crippen molar-refractivity contribution in [1.29, 1.82) is 0 Å². The van der Waals surface area contributed by atoms with E-state index in [0.29, 0.717) is 12.5 Å². The number of nitrogens with zero attached hydrogens (tertiary/aromatic N) is 3. The van der Waals surface area contributed by atoms with E-state index in [1.54, 1.807) is 0 Å². The summed E-state index contributed by atoms with van der Waals surface area (Å²) in [5, 5.41) is 3.00. The van der Waals surface area contributed by atoms with E-state index in [2.05, 4.69) is 30.1 Å². The third kappa shape index (κ3) is 3.80. The maximum absolute atomic E-state index is 13.1. The Morgan fingerprint density at radius 3 is 2.69 bits per heavy atom. The molecule has 7 heteroatoms. The molecular weight excluding hydrogens is 368 g/mol. The number of ether oxygens (including phenoxy) is 1. The highest BCUT2D eigenvalue weighted by Gasteiger charge is 2.52. The Balaban J connectivity index is 1.38. The lowest BCUT2D eigenvalue weighted by Gasteiger charge is -2.37. The number of para-hydroxylation sites is 2. The van der Waals surface area contributed by atoms with Gasteiger partial charge in [-0.1, -0.05) is 19.1 Å². The zero-order valence-electron chi connectivity index (χ0n) is 17.7. The van der Waals surface area contributed by atoms with Crippen molar-refractivity contribution >= 4 is 17.6 Å². The number of hydrogen-bond donors (Lipinski definition) is 1. The fourth-order valence-electron chi connectivity index (χ4n) is 4.82. The predicted molar refractivity (Wildman–Crippen MR) is 112 cm³/mol. The number of hydrogen-bond acceptors (Lipinski definition) is 5. The molecule has 1 spiro atoms. The lowest BCUT2D eigenvalue weighted by molar-refractivity contribution is -0.134. The number of rotatable bonds is 5. The first-order valence-electron chi connectivity index (χ1n) is 10.7. The fourth-order valence-corrected chi connectivity index (χ4v) is 4.82. The average Bonchev–Trinajstić information content (AvgIpc) is 2.94. The number of amides is 3. The van der Waals surface area contributed by atoms with Gasteiger partial charge in [0.2, 0.25) is 0 Å². The number of carbonyl (C=O) groups is 2. The number of urea groups is 1. The summed E-state index contributed by atoms with van der Waals surface area (Å²) in [6, 6.07) is 7.82. The summed E-state index contributed by atoms with van der Waals surface area (Å²) in [5.41, 5.74) is 0.445. The molecule has 0 radical (unpaired) electrons. The van der Waals surface area contributed by atoms with Crippen LogP contribution in [0.2, 0.25) is 0 Å². The molecule has 29 heavy (non-hydrogen) atoms. The topological polar surface area (TPSA) is 65.1 Å². The minimum absolute atomic E-state index is 0.0138. The van der Waals surface area contributed by atoms with Crippen molar-refractivity contribution in [3.05, 3.63) is 24.3 Å². The maximum Gasteiger partial charge on any atom is 0.326 e. The van der Waals surface area contributed by atoms with Gasteiger partial charge in [-0.3, -0.25) is 9.69 Å². The van der Waals surface area contributed by atoms with E-state index in [-0.39, 0.29) is 24.7 Å². The Morgan fingerprint density at radius 1 is 1.24 bits per heavy atom. The van der Waals surface area contributed by atoms with Gasteiger partial charge in [-0.15, -0.1) is 0 Å². The first kappa shape index (κ1) is 20.0. The van der Waals surface area contributed by atoms with E-state index in [4.69, 9.17) is 4.74 Å². The van der Waals surface area contributed by atoms with Gasteiger partial charge in [0.05, 0.1) is 18.9 Å². The Labute approximate surface area is 173 Å². The van der Waals surface area contributed by atoms with Crippen LogP contribution in [-0.4, -0.2) is 66.7 Å². The summed E-state index contributed by atoms with van der Waals surface area (Å²) in [4.78, 5) is 31.3. The summed E-state index contributed by atoms with van der Waals surface area (Å²) in [7, 11) is 1.94. The Bertz CT molecular complexity index is 775. The van der Waals surface area contributed by atoms with Gasteiger partial charge in [0, 0.05) is 13.1 Å². The van der Waals surface area contributed by atoms with E-state index in [0.717, 1.165) is 50.2 Å². The highest BCUT2D eigenvalue weighted by molar-refractivity contribution is 6.07. The van der Waals surface area contributed by atoms with E-state index in [1.165, 1.54) is 4.90 Å². The molecular formula is C22H32N4O3. The van der Waals surface area contributed by atoms with Crippen molar-refractivity contribution in [2.45, 2.75) is 51.2 Å². The fraction of sp³-hybridized carbons (Fsp3) is 0.636. The van der Waals surface area contributed by atoms with Crippen LogP contribution in [0, 0.1) is 5.92 Å². The van der Waals surface area contributed by atoms with Gasteiger partial charge in [-0.25, -0.2) is 9.69 Å². The second-order valence-electron chi connectivity index (χ2n) is 8.85. The molecule has 2 aliphatic heterocycles. The van der Waals surface area contributed by atoms with E-state index in [1.807, 2.05) is 30.1 Å². The summed E-state index contributed by atoms with van der Waals surface area (Å²) in [5.74, 6) is 1.45. The standard InChI is InChI=1S/C22H32N4O3/c1-4-25-14-17(29-19-8-6-5-7-18(19)25)13-24(3)15-26-20(27)22(23-21(26)28)11-9-16(2)10-12-22/h5-8,16-17H,4,9-15H2,1-3H3,(H,23,28). The first-order valence-corrected chi connectivity index (χ1v) is 10.7. The lowest BCUT2D eigenvalue weighted by atomic mass is 9.77. The molecule has 158 valence electrons. The van der Waals surface area contributed by atoms with Gasteiger partial charge in [0.25, 0.3) is 5.91 Å². The van der Waals surface area contributed by atoms with Crippen molar-refractivity contribution in [1.82, 2.24) is 15.1 Å². The molecule has 1 saturated carbocycles. The molecule has 4 rings (SSSR count). The highest BCUT2D eigenvalue weighted by Crippen LogP contribution is 2.36. The number of fused-ring (bicyclic) bond motifs is 1. The molecule has 1 saturated heterocycles. The summed E-state index contributed by atoms with van der Waals surface area (Å²) >= 11 is 0. The quantitative estimate of drug-likeness (QED) is 0.770. The molecule has 3 amide bonds. The maximum atomic E-state index is 13.1. The van der Waals surface area contributed by atoms with Gasteiger partial charge >= 0.3 is 6.03 Å². The normalized spacial score (nSPS) is 29.2. The van der Waals surface area contributed by atoms with Gasteiger partial charge in [0.1, 0.15) is 17.4 Å². The van der Waals surface area contributed by atoms with Crippen LogP contribution in [0.1, 0.15) is 39.5 Å². The first-order chi connectivity index (χ1) is 13.9. The molecule has 1 atom stereocenters. The Kier molecular flexibility index (Phi) is 5.42. The summed E-state index contributed by atoms with van der Waals surface area (Å²) in [6.45, 7) is 6.98. The number of likely N-dealkylation sites (N-methyl/N-ethyl adjacent to an activating group) is 2. The molecule has 7 nitrogen and oxygen atoms in total. The average molecular weight is 401 g/mol. The third-order valence-electron chi connectivity index (χ3n) is 6.58. The van der Waals surface area contributed by atoms with Crippen LogP contribution in [0.15, 0.2) is 24.3 Å². The smallest absolute Gasteiger partial charge is 0.326 e. The Morgan fingerprint density at radius 2 is 1.97 bits per heavy atom. The number of carbonyl (C=O) groups excluding carboxylic acids is 2. The summed E-state index contributed by atoms with van der Waals surface area (Å²) < 4.78 is 6.19. The second kappa shape index (κ2) is 7.86. The van der Waals surface area contributed by atoms with Crippen LogP contribution in [-0.2, 0) is 4.79 Å². The molecule has 0 bridgehead atoms. The minimum atomic E-state index is -0.677. The van der Waals surface area contributed by atoms with Crippen molar-refractivity contribution in [2.24, 2.45) is 5.92 Å². The number of benzene rings is 1. The SMILES string of the molecule is CCN1CC(CN(C)CN2C(=O)NC3(CCC(C)CC3)C2=O)Oc2ccccc21. The van der Waals surface area contributed by atoms with Crippen molar-refractivity contribution in [2.75, 3.05) is 38.3 Å². The molecule has 1 aromatic carbocycles. The van der Waals surface area contributed by atoms with Gasteiger partial charge in [-0.05, 0) is 57.7 Å². The minimum Gasteiger partial charge on any atom is -0.485 e. The molecule has 2 fully saturated rings. The van der Waals surface area contributed by atoms with Gasteiger partial charge in [-0.2, -0.15) is 0 Å². The molecule has 1 N–H and O–H groups in total. The molecule has 2 heterocycles. The van der Waals surface area contributed by atoms with Gasteiger partial charge in [0.15, 0.2) is 0 Å². The molecule has 1 unspecified atom stereocenters. The van der Waals surface area contributed by atoms with E-state index >= 15 is 0 Å². The van der Waals surface area contributed by atoms with Crippen LogP contribution in [0.5, 0.6) is 5.75 Å². The zero-order valence-corrected chi connectivity index (χ0v) is 17.7. The number of anilines is 1. The van der Waals surface area contributed by atoms with Crippen LogP contribution < -0.4 is 15.0 Å². The van der Waals surface area contributed by atoms with Crippen LogP contribution in [0.3, 0.4) is 0 Å². The third-order valence-corrected chi connectivity index (χ3v) is 6.58. The monoisotopic (exact) mass is 400 g/mol. The number of imide groups is 1. The van der Waals surface area contributed by atoms with Crippen molar-refractivity contribution < 1.29 is 14.3 Å². The van der Waals surface area contributed by atoms with Crippen LogP contribution >= 0.6 is 0 Å². The van der Waals surface area contributed by atoms with E-state index in [9.17, 15) is 9.59 Å². The van der Waals surface area contributed by atoms with Crippen LogP contribution in [0.25, 0.3) is 0 Å². The highest BCUT2D eigenvalue weighted by atomic mass is 16.5. The van der Waals surface area contributed by atoms with Gasteiger partial charge < -0.3 is 15.0 Å². The molecule has 1 aromatic rings. The predicted octanol–water partition coefficient (Wildman–Crippen LogP) is 2.66. The lowest BCUT2D eigenvalue weighted by Crippen LogP contribution is -2.51. The van der Waals surface area contributed by atoms with E-state index < -0.39 is 5.54 Å². The molecule has 0 aromatic heterocycles. The van der Waals surface area contributed by atoms with Crippen molar-refractivity contribution in [3.8, 4) is 5.75 Å². The zero-order chi connectivity index (χ0) is 20.6. The Hall–Kier alpha value is -2.28. The molecule has 3 aliphatic rings.